The number of hydrogen-bond acceptors (Lipinski definition) is 4. The SMILES string of the molecule is CC[C@H](NC(=O)[C@@H](CC)Oc1ccccc1F)c1ccc(OC)c(OC)c1. The van der Waals surface area contributed by atoms with E-state index in [1.54, 1.807) is 32.4 Å². The second kappa shape index (κ2) is 9.80. The lowest BCUT2D eigenvalue weighted by molar-refractivity contribution is -0.129. The zero-order valence-corrected chi connectivity index (χ0v) is 16.1. The van der Waals surface area contributed by atoms with Crippen LogP contribution in [0.15, 0.2) is 42.5 Å². The van der Waals surface area contributed by atoms with Crippen LogP contribution in [0.2, 0.25) is 0 Å². The molecule has 0 aliphatic carbocycles. The highest BCUT2D eigenvalue weighted by Crippen LogP contribution is 2.31. The van der Waals surface area contributed by atoms with Crippen molar-refractivity contribution < 1.29 is 23.4 Å². The Bertz CT molecular complexity index is 766. The van der Waals surface area contributed by atoms with E-state index in [9.17, 15) is 9.18 Å². The molecule has 1 amide bonds. The van der Waals surface area contributed by atoms with Crippen LogP contribution in [0.25, 0.3) is 0 Å². The summed E-state index contributed by atoms with van der Waals surface area (Å²) in [6, 6.07) is 11.4. The highest BCUT2D eigenvalue weighted by Gasteiger charge is 2.23. The van der Waals surface area contributed by atoms with Gasteiger partial charge in [-0.3, -0.25) is 4.79 Å². The van der Waals surface area contributed by atoms with E-state index in [0.717, 1.165) is 5.56 Å². The molecule has 0 heterocycles. The molecule has 0 aliphatic rings. The van der Waals surface area contributed by atoms with Crippen LogP contribution in [-0.2, 0) is 4.79 Å². The largest absolute Gasteiger partial charge is 0.493 e. The highest BCUT2D eigenvalue weighted by molar-refractivity contribution is 5.81. The topological polar surface area (TPSA) is 56.8 Å². The summed E-state index contributed by atoms with van der Waals surface area (Å²) < 4.78 is 30.0. The minimum atomic E-state index is -0.781. The molecule has 2 aromatic carbocycles. The predicted octanol–water partition coefficient (Wildman–Crippen LogP) is 4.27. The van der Waals surface area contributed by atoms with Gasteiger partial charge in [-0.25, -0.2) is 4.39 Å². The molecule has 1 N–H and O–H groups in total. The van der Waals surface area contributed by atoms with Gasteiger partial charge in [0.15, 0.2) is 29.2 Å². The summed E-state index contributed by atoms with van der Waals surface area (Å²) in [5.74, 6) is 0.505. The number of methoxy groups -OCH3 is 2. The Morgan fingerprint density at radius 1 is 1.00 bits per heavy atom. The minimum absolute atomic E-state index is 0.0682. The van der Waals surface area contributed by atoms with Crippen molar-refractivity contribution in [1.82, 2.24) is 5.32 Å². The van der Waals surface area contributed by atoms with Crippen molar-refractivity contribution in [2.75, 3.05) is 14.2 Å². The maximum atomic E-state index is 13.8. The standard InChI is InChI=1S/C21H26FNO4/c1-5-16(14-11-12-19(25-3)20(13-14)26-4)23-21(24)17(6-2)27-18-10-8-7-9-15(18)22/h7-13,16-17H,5-6H2,1-4H3,(H,23,24)/t16-,17+/m0/s1. The smallest absolute Gasteiger partial charge is 0.261 e. The molecule has 27 heavy (non-hydrogen) atoms. The Labute approximate surface area is 159 Å². The number of halogens is 1. The molecule has 2 rings (SSSR count). The first-order chi connectivity index (χ1) is 13.0. The van der Waals surface area contributed by atoms with Gasteiger partial charge in [0.2, 0.25) is 0 Å². The van der Waals surface area contributed by atoms with E-state index < -0.39 is 11.9 Å². The summed E-state index contributed by atoms with van der Waals surface area (Å²) in [5, 5.41) is 2.98. The fourth-order valence-corrected chi connectivity index (χ4v) is 2.77. The monoisotopic (exact) mass is 375 g/mol. The first-order valence-corrected chi connectivity index (χ1v) is 8.97. The van der Waals surface area contributed by atoms with E-state index in [2.05, 4.69) is 5.32 Å². The fraction of sp³-hybridized carbons (Fsp3) is 0.381. The summed E-state index contributed by atoms with van der Waals surface area (Å²) >= 11 is 0. The molecule has 146 valence electrons. The van der Waals surface area contributed by atoms with Gasteiger partial charge in [-0.05, 0) is 42.7 Å². The number of carbonyl (C=O) groups excluding carboxylic acids is 1. The quantitative estimate of drug-likeness (QED) is 0.711. The molecule has 6 heteroatoms. The van der Waals surface area contributed by atoms with Crippen LogP contribution in [0.1, 0.15) is 38.3 Å². The third kappa shape index (κ3) is 5.12. The third-order valence-corrected chi connectivity index (χ3v) is 4.30. The molecule has 0 saturated heterocycles. The Kier molecular flexibility index (Phi) is 7.46. The van der Waals surface area contributed by atoms with Crippen LogP contribution >= 0.6 is 0 Å². The molecule has 0 radical (unpaired) electrons. The van der Waals surface area contributed by atoms with Gasteiger partial charge in [0.05, 0.1) is 20.3 Å². The number of nitrogens with one attached hydrogen (secondary N) is 1. The Morgan fingerprint density at radius 2 is 1.70 bits per heavy atom. The number of rotatable bonds is 9. The van der Waals surface area contributed by atoms with E-state index in [1.165, 1.54) is 12.1 Å². The first kappa shape index (κ1) is 20.6. The second-order valence-electron chi connectivity index (χ2n) is 6.03. The molecule has 0 saturated carbocycles. The fourth-order valence-electron chi connectivity index (χ4n) is 2.77. The Balaban J connectivity index is 2.14. The highest BCUT2D eigenvalue weighted by atomic mass is 19.1. The Morgan fingerprint density at radius 3 is 2.30 bits per heavy atom. The van der Waals surface area contributed by atoms with Crippen molar-refractivity contribution in [2.45, 2.75) is 38.8 Å². The normalized spacial score (nSPS) is 12.8. The molecule has 5 nitrogen and oxygen atoms in total. The van der Waals surface area contributed by atoms with Crippen LogP contribution in [0.3, 0.4) is 0 Å². The average molecular weight is 375 g/mol. The number of benzene rings is 2. The van der Waals surface area contributed by atoms with Crippen molar-refractivity contribution in [2.24, 2.45) is 0 Å². The van der Waals surface area contributed by atoms with Crippen molar-refractivity contribution in [3.05, 3.63) is 53.8 Å². The van der Waals surface area contributed by atoms with E-state index in [-0.39, 0.29) is 17.7 Å². The summed E-state index contributed by atoms with van der Waals surface area (Å²) in [6.07, 6.45) is 0.316. The van der Waals surface area contributed by atoms with E-state index in [1.807, 2.05) is 26.0 Å². The maximum Gasteiger partial charge on any atom is 0.261 e. The third-order valence-electron chi connectivity index (χ3n) is 4.30. The Hall–Kier alpha value is -2.76. The van der Waals surface area contributed by atoms with Gasteiger partial charge >= 0.3 is 0 Å². The number of amides is 1. The van der Waals surface area contributed by atoms with Gasteiger partial charge in [0, 0.05) is 0 Å². The van der Waals surface area contributed by atoms with Crippen LogP contribution in [0, 0.1) is 5.82 Å². The predicted molar refractivity (Wildman–Crippen MR) is 102 cm³/mol. The summed E-state index contributed by atoms with van der Waals surface area (Å²) in [6.45, 7) is 3.79. The second-order valence-corrected chi connectivity index (χ2v) is 6.03. The molecule has 0 bridgehead atoms. The minimum Gasteiger partial charge on any atom is -0.493 e. The van der Waals surface area contributed by atoms with Gasteiger partial charge in [-0.2, -0.15) is 0 Å². The van der Waals surface area contributed by atoms with E-state index in [0.29, 0.717) is 24.3 Å². The van der Waals surface area contributed by atoms with Crippen LogP contribution in [0.4, 0.5) is 4.39 Å². The zero-order valence-electron chi connectivity index (χ0n) is 16.1. The number of hydrogen-bond donors (Lipinski definition) is 1. The summed E-state index contributed by atoms with van der Waals surface area (Å²) in [7, 11) is 3.14. The number of carbonyl (C=O) groups is 1. The van der Waals surface area contributed by atoms with Gasteiger partial charge in [0.25, 0.3) is 5.91 Å². The zero-order chi connectivity index (χ0) is 19.8. The molecule has 0 unspecified atom stereocenters. The van der Waals surface area contributed by atoms with Gasteiger partial charge in [-0.15, -0.1) is 0 Å². The van der Waals surface area contributed by atoms with Crippen molar-refractivity contribution >= 4 is 5.91 Å². The van der Waals surface area contributed by atoms with Gasteiger partial charge in [-0.1, -0.05) is 32.0 Å². The molecule has 0 aromatic heterocycles. The van der Waals surface area contributed by atoms with Crippen molar-refractivity contribution in [3.63, 3.8) is 0 Å². The molecular weight excluding hydrogens is 349 g/mol. The van der Waals surface area contributed by atoms with Crippen molar-refractivity contribution in [3.8, 4) is 17.2 Å². The molecule has 0 spiro atoms. The molecule has 2 atom stereocenters. The molecule has 2 aromatic rings. The van der Waals surface area contributed by atoms with Crippen LogP contribution in [0.5, 0.6) is 17.2 Å². The van der Waals surface area contributed by atoms with Crippen LogP contribution < -0.4 is 19.5 Å². The molecule has 0 aliphatic heterocycles. The number of para-hydroxylation sites is 1. The molecular formula is C21H26FNO4. The van der Waals surface area contributed by atoms with Gasteiger partial charge < -0.3 is 19.5 Å². The lowest BCUT2D eigenvalue weighted by Crippen LogP contribution is -2.40. The van der Waals surface area contributed by atoms with Crippen LogP contribution in [-0.4, -0.2) is 26.2 Å². The maximum absolute atomic E-state index is 13.8. The first-order valence-electron chi connectivity index (χ1n) is 8.97. The summed E-state index contributed by atoms with van der Waals surface area (Å²) in [5.41, 5.74) is 0.893. The summed E-state index contributed by atoms with van der Waals surface area (Å²) in [4.78, 5) is 12.7. The number of ether oxygens (including phenoxy) is 3. The lowest BCUT2D eigenvalue weighted by atomic mass is 10.0. The van der Waals surface area contributed by atoms with E-state index in [4.69, 9.17) is 14.2 Å². The molecule has 0 fully saturated rings. The lowest BCUT2D eigenvalue weighted by Gasteiger charge is -2.23. The van der Waals surface area contributed by atoms with E-state index >= 15 is 0 Å². The average Bonchev–Trinajstić information content (AvgIpc) is 2.70. The van der Waals surface area contributed by atoms with Gasteiger partial charge in [0.1, 0.15) is 0 Å². The van der Waals surface area contributed by atoms with Crippen molar-refractivity contribution in [1.29, 1.82) is 0 Å².